The minimum Gasteiger partial charge on any atom is -0.469 e. The first kappa shape index (κ1) is 24.4. The van der Waals surface area contributed by atoms with Gasteiger partial charge < -0.3 is 24.8 Å². The summed E-state index contributed by atoms with van der Waals surface area (Å²) in [5, 5.41) is 4.88. The largest absolute Gasteiger partial charge is 0.469 e. The number of ether oxygens (including phenoxy) is 3. The smallest absolute Gasteiger partial charge is 0.329 e. The number of methoxy groups -OCH3 is 3. The van der Waals surface area contributed by atoms with E-state index in [2.05, 4.69) is 24.8 Å². The van der Waals surface area contributed by atoms with Crippen LogP contribution >= 0.6 is 0 Å². The van der Waals surface area contributed by atoms with Crippen LogP contribution in [0.15, 0.2) is 0 Å². The lowest BCUT2D eigenvalue weighted by Gasteiger charge is -2.26. The number of nitrogens with one attached hydrogen (secondary N) is 2. The molecular weight excluding hydrogens is 360 g/mol. The van der Waals surface area contributed by atoms with Crippen molar-refractivity contribution < 1.29 is 38.2 Å². The normalized spacial score (nSPS) is 13.7. The molecule has 10 nitrogen and oxygen atoms in total. The summed E-state index contributed by atoms with van der Waals surface area (Å²) in [6.45, 7) is 4.97. The molecular formula is C17H28N2O8. The second-order valence-electron chi connectivity index (χ2n) is 6.30. The van der Waals surface area contributed by atoms with E-state index in [1.807, 2.05) is 13.8 Å². The molecule has 0 aliphatic rings. The van der Waals surface area contributed by atoms with E-state index in [4.69, 9.17) is 0 Å². The maximum absolute atomic E-state index is 12.6. The summed E-state index contributed by atoms with van der Waals surface area (Å²) in [6.07, 6.45) is -0.197. The van der Waals surface area contributed by atoms with Crippen molar-refractivity contribution in [1.29, 1.82) is 0 Å². The minimum absolute atomic E-state index is 0.0654. The number of hydrogen-bond donors (Lipinski definition) is 2. The highest BCUT2D eigenvalue weighted by Crippen LogP contribution is 2.15. The molecule has 0 spiro atoms. The standard InChI is InChI=1S/C17H28N2O8/c1-9(2)7-12(18-10(3)20)15(22)19-14(17(24)27-6)11(16(23)26-5)8-13(21)25-4/h9,11-12,14H,7-8H2,1-6H3,(H,18,20)(H,19,22)/t11-,12+,14+/m1/s1. The van der Waals surface area contributed by atoms with Gasteiger partial charge in [0.25, 0.3) is 0 Å². The molecule has 0 saturated heterocycles. The van der Waals surface area contributed by atoms with Crippen molar-refractivity contribution >= 4 is 29.7 Å². The molecule has 0 aliphatic heterocycles. The molecule has 2 N–H and O–H groups in total. The fourth-order valence-corrected chi connectivity index (χ4v) is 2.40. The van der Waals surface area contributed by atoms with Crippen molar-refractivity contribution in [2.75, 3.05) is 21.3 Å². The summed E-state index contributed by atoms with van der Waals surface area (Å²) in [7, 11) is 3.28. The molecule has 154 valence electrons. The summed E-state index contributed by atoms with van der Waals surface area (Å²) >= 11 is 0. The number of amides is 2. The van der Waals surface area contributed by atoms with Crippen LogP contribution in [0, 0.1) is 11.8 Å². The van der Waals surface area contributed by atoms with Gasteiger partial charge in [0.05, 0.1) is 33.7 Å². The Balaban J connectivity index is 5.65. The van der Waals surface area contributed by atoms with Crippen molar-refractivity contribution in [1.82, 2.24) is 10.6 Å². The van der Waals surface area contributed by atoms with Crippen LogP contribution in [-0.4, -0.2) is 63.1 Å². The Morgan fingerprint density at radius 3 is 1.81 bits per heavy atom. The van der Waals surface area contributed by atoms with E-state index in [0.717, 1.165) is 21.3 Å². The molecule has 2 amide bonds. The summed E-state index contributed by atoms with van der Waals surface area (Å²) in [5.74, 6) is -5.00. The van der Waals surface area contributed by atoms with Gasteiger partial charge in [-0.05, 0) is 12.3 Å². The molecule has 0 heterocycles. The Morgan fingerprint density at radius 1 is 0.852 bits per heavy atom. The van der Waals surface area contributed by atoms with E-state index in [0.29, 0.717) is 6.42 Å². The first-order chi connectivity index (χ1) is 12.6. The molecule has 0 fully saturated rings. The van der Waals surface area contributed by atoms with Gasteiger partial charge >= 0.3 is 17.9 Å². The molecule has 3 atom stereocenters. The molecule has 27 heavy (non-hydrogen) atoms. The SMILES string of the molecule is COC(=O)C[C@@H](C(=O)OC)[C@H](NC(=O)[C@H](CC(C)C)NC(C)=O)C(=O)OC. The minimum atomic E-state index is -1.49. The Morgan fingerprint density at radius 2 is 1.41 bits per heavy atom. The van der Waals surface area contributed by atoms with Gasteiger partial charge in [-0.1, -0.05) is 13.8 Å². The van der Waals surface area contributed by atoms with E-state index in [-0.39, 0.29) is 5.92 Å². The molecule has 0 aliphatic carbocycles. The molecule has 0 radical (unpaired) electrons. The van der Waals surface area contributed by atoms with Crippen LogP contribution in [0.5, 0.6) is 0 Å². The van der Waals surface area contributed by atoms with Gasteiger partial charge in [-0.15, -0.1) is 0 Å². The van der Waals surface area contributed by atoms with Crippen LogP contribution in [0.25, 0.3) is 0 Å². The molecule has 0 aromatic rings. The fraction of sp³-hybridized carbons (Fsp3) is 0.706. The molecule has 0 rings (SSSR count). The van der Waals surface area contributed by atoms with Crippen LogP contribution in [-0.2, 0) is 38.2 Å². The van der Waals surface area contributed by atoms with Gasteiger partial charge in [-0.25, -0.2) is 4.79 Å². The third-order valence-electron chi connectivity index (χ3n) is 3.67. The Labute approximate surface area is 158 Å². The van der Waals surface area contributed by atoms with Crippen LogP contribution < -0.4 is 10.6 Å². The predicted molar refractivity (Wildman–Crippen MR) is 93.1 cm³/mol. The quantitative estimate of drug-likeness (QED) is 0.379. The maximum atomic E-state index is 12.6. The van der Waals surface area contributed by atoms with Gasteiger partial charge in [0.2, 0.25) is 11.8 Å². The lowest BCUT2D eigenvalue weighted by Crippen LogP contribution is -2.55. The van der Waals surface area contributed by atoms with Crippen molar-refractivity contribution in [2.45, 2.75) is 45.7 Å². The van der Waals surface area contributed by atoms with Crippen LogP contribution in [0.2, 0.25) is 0 Å². The number of carbonyl (C=O) groups is 5. The highest BCUT2D eigenvalue weighted by Gasteiger charge is 2.39. The zero-order chi connectivity index (χ0) is 21.1. The first-order valence-electron chi connectivity index (χ1n) is 8.37. The number of hydrogen-bond acceptors (Lipinski definition) is 8. The molecule has 10 heteroatoms. The topological polar surface area (TPSA) is 137 Å². The highest BCUT2D eigenvalue weighted by atomic mass is 16.5. The van der Waals surface area contributed by atoms with Crippen molar-refractivity contribution in [3.8, 4) is 0 Å². The van der Waals surface area contributed by atoms with E-state index >= 15 is 0 Å². The number of esters is 3. The predicted octanol–water partition coefficient (Wildman–Crippen LogP) is -0.453. The summed E-state index contributed by atoms with van der Waals surface area (Å²) in [6, 6.07) is -2.41. The molecule has 0 unspecified atom stereocenters. The van der Waals surface area contributed by atoms with Gasteiger partial charge in [0.1, 0.15) is 12.1 Å². The monoisotopic (exact) mass is 388 g/mol. The molecule has 0 aromatic heterocycles. The van der Waals surface area contributed by atoms with E-state index in [9.17, 15) is 24.0 Å². The van der Waals surface area contributed by atoms with Gasteiger partial charge in [-0.2, -0.15) is 0 Å². The maximum Gasteiger partial charge on any atom is 0.329 e. The third-order valence-corrected chi connectivity index (χ3v) is 3.67. The molecule has 0 aromatic carbocycles. The molecule has 0 bridgehead atoms. The van der Waals surface area contributed by atoms with Crippen LogP contribution in [0.4, 0.5) is 0 Å². The third kappa shape index (κ3) is 8.52. The average Bonchev–Trinajstić information content (AvgIpc) is 2.61. The van der Waals surface area contributed by atoms with Crippen LogP contribution in [0.3, 0.4) is 0 Å². The van der Waals surface area contributed by atoms with Gasteiger partial charge in [0, 0.05) is 6.92 Å². The van der Waals surface area contributed by atoms with E-state index in [1.165, 1.54) is 6.92 Å². The molecule has 0 saturated carbocycles. The highest BCUT2D eigenvalue weighted by molar-refractivity contribution is 5.93. The summed E-state index contributed by atoms with van der Waals surface area (Å²) < 4.78 is 13.8. The Kier molecular flexibility index (Phi) is 10.7. The fourth-order valence-electron chi connectivity index (χ4n) is 2.40. The summed E-state index contributed by atoms with van der Waals surface area (Å²) in [5.41, 5.74) is 0. The lowest BCUT2D eigenvalue weighted by atomic mass is 9.94. The van der Waals surface area contributed by atoms with Crippen molar-refractivity contribution in [2.24, 2.45) is 11.8 Å². The number of rotatable bonds is 10. The average molecular weight is 388 g/mol. The second-order valence-corrected chi connectivity index (χ2v) is 6.30. The number of carbonyl (C=O) groups excluding carboxylic acids is 5. The second kappa shape index (κ2) is 11.9. The lowest BCUT2D eigenvalue weighted by molar-refractivity contribution is -0.159. The van der Waals surface area contributed by atoms with Gasteiger partial charge in [0.15, 0.2) is 0 Å². The zero-order valence-corrected chi connectivity index (χ0v) is 16.5. The van der Waals surface area contributed by atoms with Crippen molar-refractivity contribution in [3.05, 3.63) is 0 Å². The van der Waals surface area contributed by atoms with Crippen LogP contribution in [0.1, 0.15) is 33.6 Å². The Bertz CT molecular complexity index is 561. The van der Waals surface area contributed by atoms with E-state index in [1.54, 1.807) is 0 Å². The van der Waals surface area contributed by atoms with E-state index < -0.39 is 54.1 Å². The summed E-state index contributed by atoms with van der Waals surface area (Å²) in [4.78, 5) is 59.8. The first-order valence-corrected chi connectivity index (χ1v) is 8.37. The van der Waals surface area contributed by atoms with Gasteiger partial charge in [-0.3, -0.25) is 19.2 Å². The van der Waals surface area contributed by atoms with Crippen molar-refractivity contribution in [3.63, 3.8) is 0 Å². The zero-order valence-electron chi connectivity index (χ0n) is 16.5. The Hall–Kier alpha value is -2.65.